The van der Waals surface area contributed by atoms with E-state index in [0.717, 1.165) is 87.3 Å². The molecule has 10 nitrogen and oxygen atoms in total. The van der Waals surface area contributed by atoms with Gasteiger partial charge in [0.05, 0.1) is 17.8 Å². The number of aromatic nitrogens is 4. The molecule has 4 heterocycles. The van der Waals surface area contributed by atoms with E-state index in [-0.39, 0.29) is 18.2 Å². The molecule has 2 aromatic carbocycles. The van der Waals surface area contributed by atoms with Crippen LogP contribution in [0.4, 0.5) is 10.8 Å². The van der Waals surface area contributed by atoms with Crippen molar-refractivity contribution in [2.45, 2.75) is 79.7 Å². The zero-order valence-electron chi connectivity index (χ0n) is 29.8. The molecule has 0 bridgehead atoms. The number of thiazole rings is 1. The van der Waals surface area contributed by atoms with Gasteiger partial charge in [-0.05, 0) is 89.8 Å². The molecule has 0 saturated heterocycles. The van der Waals surface area contributed by atoms with Gasteiger partial charge in [-0.15, -0.1) is 32.9 Å². The molecule has 266 valence electrons. The number of carbonyl (C=O) groups excluding carboxylic acids is 2. The van der Waals surface area contributed by atoms with Crippen LogP contribution in [0.2, 0.25) is 5.02 Å². The SMILES string of the molecule is Cc1nc(NC(=O)c2cccc(NCCCCCCNC(=O)C[C@@H]3N=C(c4ccc(Cl)cc4)c4c(sc(C)c4C)-n4c(C)nnc43)c2C)sc1C. The van der Waals surface area contributed by atoms with Gasteiger partial charge in [-0.3, -0.25) is 24.5 Å². The second kappa shape index (κ2) is 15.9. The van der Waals surface area contributed by atoms with Crippen LogP contribution in [0.5, 0.6) is 0 Å². The summed E-state index contributed by atoms with van der Waals surface area (Å²) in [6, 6.07) is 12.9. The van der Waals surface area contributed by atoms with Gasteiger partial charge in [0.15, 0.2) is 11.0 Å². The Kier molecular flexibility index (Phi) is 11.3. The minimum atomic E-state index is -0.490. The van der Waals surface area contributed by atoms with Gasteiger partial charge in [0, 0.05) is 50.2 Å². The Labute approximate surface area is 311 Å². The van der Waals surface area contributed by atoms with Crippen LogP contribution in [0.1, 0.15) is 97.9 Å². The molecule has 3 aromatic heterocycles. The average molecular weight is 743 g/mol. The van der Waals surface area contributed by atoms with Crippen molar-refractivity contribution >= 4 is 62.6 Å². The smallest absolute Gasteiger partial charge is 0.257 e. The van der Waals surface area contributed by atoms with Crippen LogP contribution in [0.3, 0.4) is 0 Å². The van der Waals surface area contributed by atoms with Crippen molar-refractivity contribution in [2.75, 3.05) is 23.7 Å². The van der Waals surface area contributed by atoms with Crippen LogP contribution >= 0.6 is 34.3 Å². The van der Waals surface area contributed by atoms with Gasteiger partial charge in [-0.1, -0.05) is 42.6 Å². The summed E-state index contributed by atoms with van der Waals surface area (Å²) >= 11 is 9.41. The fraction of sp³-hybridized carbons (Fsp3) is 0.368. The molecule has 13 heteroatoms. The van der Waals surface area contributed by atoms with E-state index in [1.807, 2.05) is 70.2 Å². The fourth-order valence-corrected chi connectivity index (χ4v) is 8.35. The first-order chi connectivity index (χ1) is 24.5. The van der Waals surface area contributed by atoms with E-state index in [1.54, 1.807) is 11.3 Å². The lowest BCUT2D eigenvalue weighted by Crippen LogP contribution is -2.26. The number of benzene rings is 2. The highest BCUT2D eigenvalue weighted by Gasteiger charge is 2.32. The average Bonchev–Trinajstić information content (AvgIpc) is 3.70. The molecule has 6 rings (SSSR count). The number of carbonyl (C=O) groups is 2. The van der Waals surface area contributed by atoms with Crippen molar-refractivity contribution in [1.82, 2.24) is 25.1 Å². The maximum Gasteiger partial charge on any atom is 0.257 e. The number of fused-ring (bicyclic) bond motifs is 3. The molecule has 1 aliphatic rings. The Morgan fingerprint density at radius 3 is 2.33 bits per heavy atom. The molecule has 51 heavy (non-hydrogen) atoms. The van der Waals surface area contributed by atoms with Gasteiger partial charge in [0.2, 0.25) is 5.91 Å². The summed E-state index contributed by atoms with van der Waals surface area (Å²) < 4.78 is 2.06. The maximum atomic E-state index is 13.3. The van der Waals surface area contributed by atoms with Crippen LogP contribution < -0.4 is 16.0 Å². The van der Waals surface area contributed by atoms with Gasteiger partial charge < -0.3 is 10.6 Å². The fourth-order valence-electron chi connectivity index (χ4n) is 6.20. The zero-order valence-corrected chi connectivity index (χ0v) is 32.2. The van der Waals surface area contributed by atoms with Crippen molar-refractivity contribution in [3.8, 4) is 5.00 Å². The summed E-state index contributed by atoms with van der Waals surface area (Å²) in [5, 5.41) is 20.7. The van der Waals surface area contributed by atoms with E-state index < -0.39 is 6.04 Å². The molecule has 0 saturated carbocycles. The zero-order chi connectivity index (χ0) is 36.2. The first kappa shape index (κ1) is 36.4. The van der Waals surface area contributed by atoms with Gasteiger partial charge in [-0.25, -0.2) is 4.98 Å². The highest BCUT2D eigenvalue weighted by molar-refractivity contribution is 7.16. The number of hydrogen-bond donors (Lipinski definition) is 3. The Hall–Kier alpha value is -4.39. The number of thiophene rings is 1. The second-order valence-corrected chi connectivity index (χ2v) is 15.7. The number of halogens is 1. The molecule has 2 amide bonds. The number of rotatable bonds is 13. The number of hydrogen-bond acceptors (Lipinski definition) is 9. The predicted molar refractivity (Wildman–Crippen MR) is 209 cm³/mol. The van der Waals surface area contributed by atoms with Crippen molar-refractivity contribution < 1.29 is 9.59 Å². The molecule has 0 radical (unpaired) electrons. The molecular weight excluding hydrogens is 700 g/mol. The highest BCUT2D eigenvalue weighted by atomic mass is 35.5. The minimum absolute atomic E-state index is 0.0641. The monoisotopic (exact) mass is 742 g/mol. The third kappa shape index (κ3) is 8.08. The standard InChI is InChI=1S/C38H43ClN8O2S2/c1-21-24(4)50-37-33(21)34(27-14-16-28(39)17-15-27)43-31(35-46-45-26(6)47(35)37)20-32(48)41-19-10-8-7-9-18-40-30-13-11-12-29(22(30)2)36(49)44-38-42-23(3)25(5)51-38/h11-17,31,40H,7-10,18-20H2,1-6H3,(H,41,48)(H,42,44,49)/t31-/m0/s1. The van der Waals surface area contributed by atoms with Crippen LogP contribution in [0, 0.1) is 41.5 Å². The molecule has 0 aliphatic carbocycles. The summed E-state index contributed by atoms with van der Waals surface area (Å²) in [4.78, 5) is 38.1. The number of nitrogens with zero attached hydrogens (tertiary/aromatic N) is 5. The first-order valence-corrected chi connectivity index (χ1v) is 19.2. The largest absolute Gasteiger partial charge is 0.385 e. The highest BCUT2D eigenvalue weighted by Crippen LogP contribution is 2.39. The summed E-state index contributed by atoms with van der Waals surface area (Å²) in [6.07, 6.45) is 4.04. The maximum absolute atomic E-state index is 13.3. The molecule has 0 fully saturated rings. The Balaban J connectivity index is 0.997. The Morgan fingerprint density at radius 2 is 1.61 bits per heavy atom. The summed E-state index contributed by atoms with van der Waals surface area (Å²) in [7, 11) is 0. The lowest BCUT2D eigenvalue weighted by molar-refractivity contribution is -0.121. The van der Waals surface area contributed by atoms with Crippen LogP contribution in [-0.4, -0.2) is 50.4 Å². The van der Waals surface area contributed by atoms with Gasteiger partial charge in [0.25, 0.3) is 5.91 Å². The molecule has 5 aromatic rings. The summed E-state index contributed by atoms with van der Waals surface area (Å²) in [5.74, 6) is 1.22. The van der Waals surface area contributed by atoms with E-state index in [2.05, 4.69) is 49.5 Å². The number of unbranched alkanes of at least 4 members (excludes halogenated alkanes) is 3. The number of nitrogens with one attached hydrogen (secondary N) is 3. The van der Waals surface area contributed by atoms with E-state index >= 15 is 0 Å². The molecule has 1 aliphatic heterocycles. The van der Waals surface area contributed by atoms with E-state index in [4.69, 9.17) is 16.6 Å². The second-order valence-electron chi connectivity index (χ2n) is 12.9. The quantitative estimate of drug-likeness (QED) is 0.104. The normalized spacial score (nSPS) is 13.6. The topological polar surface area (TPSA) is 126 Å². The number of aryl methyl sites for hydroxylation is 4. The van der Waals surface area contributed by atoms with E-state index in [0.29, 0.717) is 28.1 Å². The molecular formula is C38H43ClN8O2S2. The number of aliphatic imine (C=N–C) groups is 1. The lowest BCUT2D eigenvalue weighted by Gasteiger charge is -2.14. The minimum Gasteiger partial charge on any atom is -0.385 e. The molecule has 3 N–H and O–H groups in total. The van der Waals surface area contributed by atoms with Gasteiger partial charge in [0.1, 0.15) is 16.9 Å². The summed E-state index contributed by atoms with van der Waals surface area (Å²) in [6.45, 7) is 13.5. The van der Waals surface area contributed by atoms with Crippen LogP contribution in [0.25, 0.3) is 5.00 Å². The third-order valence-corrected chi connectivity index (χ3v) is 11.7. The number of amides is 2. The first-order valence-electron chi connectivity index (χ1n) is 17.2. The third-order valence-electron chi connectivity index (χ3n) is 9.30. The van der Waals surface area contributed by atoms with E-state index in [9.17, 15) is 9.59 Å². The van der Waals surface area contributed by atoms with Crippen molar-refractivity contribution in [3.63, 3.8) is 0 Å². The van der Waals surface area contributed by atoms with Crippen LogP contribution in [0.15, 0.2) is 47.5 Å². The van der Waals surface area contributed by atoms with Crippen molar-refractivity contribution in [1.29, 1.82) is 0 Å². The van der Waals surface area contributed by atoms with Gasteiger partial charge >= 0.3 is 0 Å². The molecule has 0 unspecified atom stereocenters. The lowest BCUT2D eigenvalue weighted by atomic mass is 9.99. The van der Waals surface area contributed by atoms with E-state index in [1.165, 1.54) is 16.2 Å². The Bertz CT molecular complexity index is 2080. The van der Waals surface area contributed by atoms with Gasteiger partial charge in [-0.2, -0.15) is 0 Å². The molecule has 1 atom stereocenters. The Morgan fingerprint density at radius 1 is 0.863 bits per heavy atom. The van der Waals surface area contributed by atoms with Crippen molar-refractivity contribution in [2.24, 2.45) is 4.99 Å². The molecule has 0 spiro atoms. The summed E-state index contributed by atoms with van der Waals surface area (Å²) in [5.41, 5.74) is 7.42. The van der Waals surface area contributed by atoms with Crippen molar-refractivity contribution in [3.05, 3.63) is 102 Å². The predicted octanol–water partition coefficient (Wildman–Crippen LogP) is 8.61. The number of anilines is 2. The van der Waals surface area contributed by atoms with Crippen LogP contribution in [-0.2, 0) is 4.79 Å².